The first-order valence-electron chi connectivity index (χ1n) is 6.22. The summed E-state index contributed by atoms with van der Waals surface area (Å²) in [4.78, 5) is 3.97. The van der Waals surface area contributed by atoms with Crippen LogP contribution in [0.15, 0.2) is 65.7 Å². The predicted octanol–water partition coefficient (Wildman–Crippen LogP) is 2.74. The van der Waals surface area contributed by atoms with Gasteiger partial charge in [-0.25, -0.2) is 13.4 Å². The highest BCUT2D eigenvalue weighted by Crippen LogP contribution is 2.26. The van der Waals surface area contributed by atoms with Crippen molar-refractivity contribution in [3.05, 3.63) is 60.8 Å². The fourth-order valence-electron chi connectivity index (χ4n) is 2.09. The van der Waals surface area contributed by atoms with E-state index in [0.717, 1.165) is 5.39 Å². The summed E-state index contributed by atoms with van der Waals surface area (Å²) in [5.41, 5.74) is 0. The van der Waals surface area contributed by atoms with Crippen LogP contribution in [-0.2, 0) is 10.0 Å². The van der Waals surface area contributed by atoms with Crippen molar-refractivity contribution in [3.63, 3.8) is 0 Å². The number of nitrogens with zero attached hydrogens (tertiary/aromatic N) is 1. The van der Waals surface area contributed by atoms with Gasteiger partial charge in [-0.05, 0) is 23.6 Å². The molecule has 0 saturated heterocycles. The zero-order valence-electron chi connectivity index (χ0n) is 10.9. The van der Waals surface area contributed by atoms with Crippen molar-refractivity contribution in [1.29, 1.82) is 0 Å². The molecule has 0 fully saturated rings. The van der Waals surface area contributed by atoms with E-state index in [2.05, 4.69) is 9.71 Å². The van der Waals surface area contributed by atoms with Crippen molar-refractivity contribution < 1.29 is 13.5 Å². The largest absolute Gasteiger partial charge is 0.504 e. The number of benzene rings is 2. The Kier molecular flexibility index (Phi) is 3.23. The summed E-state index contributed by atoms with van der Waals surface area (Å²) in [6, 6.07) is 15.1. The molecular weight excluding hydrogens is 288 g/mol. The van der Waals surface area contributed by atoms with Crippen LogP contribution in [0.25, 0.3) is 10.8 Å². The molecule has 2 N–H and O–H groups in total. The number of pyridine rings is 1. The van der Waals surface area contributed by atoms with Crippen LogP contribution in [0, 0.1) is 0 Å². The van der Waals surface area contributed by atoms with Crippen molar-refractivity contribution in [2.24, 2.45) is 0 Å². The van der Waals surface area contributed by atoms with Gasteiger partial charge in [0.05, 0.1) is 4.90 Å². The monoisotopic (exact) mass is 300 g/mol. The molecule has 5 nitrogen and oxygen atoms in total. The summed E-state index contributed by atoms with van der Waals surface area (Å²) in [5.74, 6) is -0.313. The third kappa shape index (κ3) is 2.53. The number of rotatable bonds is 3. The molecule has 1 aromatic heterocycles. The molecule has 0 spiro atoms. The van der Waals surface area contributed by atoms with Gasteiger partial charge in [0.15, 0.2) is 11.6 Å². The van der Waals surface area contributed by atoms with E-state index in [4.69, 9.17) is 0 Å². The van der Waals surface area contributed by atoms with E-state index in [-0.39, 0.29) is 16.5 Å². The summed E-state index contributed by atoms with van der Waals surface area (Å²) in [6.45, 7) is 0. The smallest absolute Gasteiger partial charge is 0.263 e. The maximum atomic E-state index is 12.5. The van der Waals surface area contributed by atoms with Gasteiger partial charge in [0.25, 0.3) is 10.0 Å². The van der Waals surface area contributed by atoms with E-state index in [1.54, 1.807) is 18.2 Å². The summed E-state index contributed by atoms with van der Waals surface area (Å²) in [5, 5.41) is 11.1. The van der Waals surface area contributed by atoms with Crippen LogP contribution in [0.3, 0.4) is 0 Å². The summed E-state index contributed by atoms with van der Waals surface area (Å²) in [7, 11) is -3.83. The summed E-state index contributed by atoms with van der Waals surface area (Å²) in [6.07, 6.45) is 1.40. The van der Waals surface area contributed by atoms with Crippen LogP contribution in [0.5, 0.6) is 5.75 Å². The lowest BCUT2D eigenvalue weighted by Gasteiger charge is -2.10. The molecule has 0 unspecified atom stereocenters. The first-order valence-corrected chi connectivity index (χ1v) is 7.71. The van der Waals surface area contributed by atoms with Crippen LogP contribution in [0.4, 0.5) is 5.82 Å². The minimum absolute atomic E-state index is 0.0922. The number of aromatic nitrogens is 1. The SMILES string of the molecule is O=S(=O)(Nc1ncccc1O)c1cccc2ccccc12. The first kappa shape index (κ1) is 13.4. The van der Waals surface area contributed by atoms with E-state index in [0.29, 0.717) is 5.39 Å². The number of fused-ring (bicyclic) bond motifs is 1. The van der Waals surface area contributed by atoms with Crippen LogP contribution in [0.2, 0.25) is 0 Å². The van der Waals surface area contributed by atoms with Crippen LogP contribution < -0.4 is 4.72 Å². The first-order chi connectivity index (χ1) is 10.1. The topological polar surface area (TPSA) is 79.3 Å². The maximum absolute atomic E-state index is 12.5. The molecule has 0 aliphatic rings. The summed E-state index contributed by atoms with van der Waals surface area (Å²) >= 11 is 0. The molecule has 0 amide bonds. The second kappa shape index (κ2) is 5.06. The molecule has 0 radical (unpaired) electrons. The minimum Gasteiger partial charge on any atom is -0.504 e. The number of hydrogen-bond acceptors (Lipinski definition) is 4. The average Bonchev–Trinajstić information content (AvgIpc) is 2.49. The van der Waals surface area contributed by atoms with Gasteiger partial charge in [-0.1, -0.05) is 36.4 Å². The predicted molar refractivity (Wildman–Crippen MR) is 80.7 cm³/mol. The quantitative estimate of drug-likeness (QED) is 0.779. The Balaban J connectivity index is 2.11. The Morgan fingerprint density at radius 3 is 2.52 bits per heavy atom. The van der Waals surface area contributed by atoms with Crippen molar-refractivity contribution in [2.45, 2.75) is 4.90 Å². The molecule has 0 atom stereocenters. The lowest BCUT2D eigenvalue weighted by atomic mass is 10.1. The average molecular weight is 300 g/mol. The van der Waals surface area contributed by atoms with Gasteiger partial charge in [-0.2, -0.15) is 0 Å². The van der Waals surface area contributed by atoms with E-state index >= 15 is 0 Å². The fourth-order valence-corrected chi connectivity index (χ4v) is 3.34. The number of aromatic hydroxyl groups is 1. The van der Waals surface area contributed by atoms with Gasteiger partial charge in [0, 0.05) is 11.6 Å². The minimum atomic E-state index is -3.83. The van der Waals surface area contributed by atoms with E-state index in [9.17, 15) is 13.5 Å². The number of sulfonamides is 1. The van der Waals surface area contributed by atoms with Crippen LogP contribution >= 0.6 is 0 Å². The molecule has 2 aromatic carbocycles. The fraction of sp³-hybridized carbons (Fsp3) is 0. The van der Waals surface area contributed by atoms with Gasteiger partial charge in [-0.15, -0.1) is 0 Å². The van der Waals surface area contributed by atoms with Gasteiger partial charge in [-0.3, -0.25) is 4.72 Å². The van der Waals surface area contributed by atoms with Crippen molar-refractivity contribution in [1.82, 2.24) is 4.98 Å². The lowest BCUT2D eigenvalue weighted by Crippen LogP contribution is -2.14. The molecule has 0 saturated carbocycles. The highest BCUT2D eigenvalue weighted by Gasteiger charge is 2.19. The summed E-state index contributed by atoms with van der Waals surface area (Å²) < 4.78 is 27.3. The molecular formula is C15H12N2O3S. The Hall–Kier alpha value is -2.60. The van der Waals surface area contributed by atoms with Crippen molar-refractivity contribution >= 4 is 26.6 Å². The van der Waals surface area contributed by atoms with Crippen LogP contribution in [-0.4, -0.2) is 18.5 Å². The molecule has 0 bridgehead atoms. The van der Waals surface area contributed by atoms with Crippen LogP contribution in [0.1, 0.15) is 0 Å². The second-order valence-electron chi connectivity index (χ2n) is 4.45. The number of hydrogen-bond donors (Lipinski definition) is 2. The highest BCUT2D eigenvalue weighted by atomic mass is 32.2. The number of nitrogens with one attached hydrogen (secondary N) is 1. The van der Waals surface area contributed by atoms with Gasteiger partial charge >= 0.3 is 0 Å². The molecule has 3 rings (SSSR count). The van der Waals surface area contributed by atoms with Crippen molar-refractivity contribution in [2.75, 3.05) is 4.72 Å². The zero-order chi connectivity index (χ0) is 14.9. The maximum Gasteiger partial charge on any atom is 0.263 e. The Morgan fingerprint density at radius 2 is 1.71 bits per heavy atom. The van der Waals surface area contributed by atoms with E-state index in [1.807, 2.05) is 18.2 Å². The molecule has 21 heavy (non-hydrogen) atoms. The van der Waals surface area contributed by atoms with E-state index < -0.39 is 10.0 Å². The lowest BCUT2D eigenvalue weighted by molar-refractivity contribution is 0.475. The third-order valence-electron chi connectivity index (χ3n) is 3.06. The van der Waals surface area contributed by atoms with Gasteiger partial charge in [0.2, 0.25) is 0 Å². The van der Waals surface area contributed by atoms with Crippen molar-refractivity contribution in [3.8, 4) is 5.75 Å². The molecule has 0 aliphatic carbocycles. The standard InChI is InChI=1S/C15H12N2O3S/c18-13-8-4-10-16-15(13)17-21(19,20)14-9-3-6-11-5-1-2-7-12(11)14/h1-10,18H,(H,16,17). The van der Waals surface area contributed by atoms with Gasteiger partial charge in [0.1, 0.15) is 0 Å². The second-order valence-corrected chi connectivity index (χ2v) is 6.10. The Labute approximate surface area is 121 Å². The Morgan fingerprint density at radius 1 is 0.952 bits per heavy atom. The zero-order valence-corrected chi connectivity index (χ0v) is 11.7. The molecule has 0 aliphatic heterocycles. The molecule has 1 heterocycles. The Bertz CT molecular complexity index is 902. The number of anilines is 1. The molecule has 6 heteroatoms. The molecule has 3 aromatic rings. The highest BCUT2D eigenvalue weighted by molar-refractivity contribution is 7.93. The van der Waals surface area contributed by atoms with Gasteiger partial charge < -0.3 is 5.11 Å². The third-order valence-corrected chi connectivity index (χ3v) is 4.45. The molecule has 106 valence electrons. The normalized spacial score (nSPS) is 11.4. The van der Waals surface area contributed by atoms with E-state index in [1.165, 1.54) is 24.4 Å².